The van der Waals surface area contributed by atoms with Crippen molar-refractivity contribution in [2.75, 3.05) is 13.2 Å². The molecule has 7 nitrogen and oxygen atoms in total. The largest absolute Gasteiger partial charge is 0.490 e. The molecule has 0 aliphatic carbocycles. The topological polar surface area (TPSA) is 119 Å². The smallest absolute Gasteiger partial charge is 0.338 e. The maximum atomic E-state index is 12.1. The highest BCUT2D eigenvalue weighted by atomic mass is 32.2. The number of benzene rings is 2. The molecule has 2 N–H and O–H groups in total. The van der Waals surface area contributed by atoms with E-state index in [0.717, 1.165) is 0 Å². The summed E-state index contributed by atoms with van der Waals surface area (Å²) in [5, 5.41) is 13.9. The Kier molecular flexibility index (Phi) is 5.97. The second kappa shape index (κ2) is 7.99. The van der Waals surface area contributed by atoms with Gasteiger partial charge in [0.25, 0.3) is 0 Å². The lowest BCUT2D eigenvalue weighted by atomic mass is 10.1. The normalized spacial score (nSPS) is 10.8. The SMILES string of the molecule is Cc1cc(C(=O)OCCOc2ccc(C#N)cc2)cc(S(N)(=O)=O)c1C. The van der Waals surface area contributed by atoms with Crippen LogP contribution < -0.4 is 9.88 Å². The summed E-state index contributed by atoms with van der Waals surface area (Å²) < 4.78 is 33.8. The van der Waals surface area contributed by atoms with Crippen LogP contribution in [0.3, 0.4) is 0 Å². The molecule has 0 amide bonds. The Balaban J connectivity index is 1.97. The minimum Gasteiger partial charge on any atom is -0.490 e. The molecule has 0 unspecified atom stereocenters. The number of rotatable bonds is 6. The Morgan fingerprint density at radius 2 is 1.81 bits per heavy atom. The Morgan fingerprint density at radius 3 is 2.38 bits per heavy atom. The van der Waals surface area contributed by atoms with Crippen molar-refractivity contribution in [1.82, 2.24) is 0 Å². The molecule has 0 saturated heterocycles. The Bertz CT molecular complexity index is 960. The molecule has 0 spiro atoms. The van der Waals surface area contributed by atoms with Gasteiger partial charge in [0.1, 0.15) is 19.0 Å². The van der Waals surface area contributed by atoms with E-state index in [4.69, 9.17) is 19.9 Å². The molecule has 2 rings (SSSR count). The van der Waals surface area contributed by atoms with Crippen LogP contribution in [-0.2, 0) is 14.8 Å². The van der Waals surface area contributed by atoms with Crippen molar-refractivity contribution in [3.8, 4) is 11.8 Å². The summed E-state index contributed by atoms with van der Waals surface area (Å²) in [6, 6.07) is 11.3. The summed E-state index contributed by atoms with van der Waals surface area (Å²) in [4.78, 5) is 12.0. The lowest BCUT2D eigenvalue weighted by Gasteiger charge is -2.11. The number of sulfonamides is 1. The summed E-state index contributed by atoms with van der Waals surface area (Å²) in [6.45, 7) is 3.41. The van der Waals surface area contributed by atoms with E-state index in [-0.39, 0.29) is 23.7 Å². The summed E-state index contributed by atoms with van der Waals surface area (Å²) in [7, 11) is -3.93. The number of carbonyl (C=O) groups excluding carboxylic acids is 1. The zero-order valence-electron chi connectivity index (χ0n) is 14.4. The first-order chi connectivity index (χ1) is 12.2. The van der Waals surface area contributed by atoms with Gasteiger partial charge in [-0.25, -0.2) is 18.4 Å². The van der Waals surface area contributed by atoms with Crippen LogP contribution >= 0.6 is 0 Å². The van der Waals surface area contributed by atoms with Crippen LogP contribution in [0.4, 0.5) is 0 Å². The average molecular weight is 374 g/mol. The maximum absolute atomic E-state index is 12.1. The predicted octanol–water partition coefficient (Wildman–Crippen LogP) is 2.06. The van der Waals surface area contributed by atoms with Crippen LogP contribution in [0, 0.1) is 25.2 Å². The van der Waals surface area contributed by atoms with E-state index < -0.39 is 16.0 Å². The van der Waals surface area contributed by atoms with Gasteiger partial charge in [-0.2, -0.15) is 5.26 Å². The molecule has 0 atom stereocenters. The van der Waals surface area contributed by atoms with Crippen LogP contribution in [0.15, 0.2) is 41.3 Å². The van der Waals surface area contributed by atoms with Crippen molar-refractivity contribution in [3.63, 3.8) is 0 Å². The van der Waals surface area contributed by atoms with Gasteiger partial charge < -0.3 is 9.47 Å². The monoisotopic (exact) mass is 374 g/mol. The van der Waals surface area contributed by atoms with Gasteiger partial charge in [0.2, 0.25) is 10.0 Å². The van der Waals surface area contributed by atoms with E-state index in [0.29, 0.717) is 22.4 Å². The van der Waals surface area contributed by atoms with E-state index >= 15 is 0 Å². The van der Waals surface area contributed by atoms with Crippen molar-refractivity contribution >= 4 is 16.0 Å². The molecular formula is C18H18N2O5S. The summed E-state index contributed by atoms with van der Waals surface area (Å²) in [6.07, 6.45) is 0. The second-order valence-corrected chi connectivity index (χ2v) is 7.11. The quantitative estimate of drug-likeness (QED) is 0.610. The first kappa shape index (κ1) is 19.4. The van der Waals surface area contributed by atoms with Crippen molar-refractivity contribution in [2.24, 2.45) is 5.14 Å². The molecule has 8 heteroatoms. The molecular weight excluding hydrogens is 356 g/mol. The summed E-state index contributed by atoms with van der Waals surface area (Å²) >= 11 is 0. The van der Waals surface area contributed by atoms with Crippen molar-refractivity contribution in [2.45, 2.75) is 18.7 Å². The predicted molar refractivity (Wildman–Crippen MR) is 94.2 cm³/mol. The van der Waals surface area contributed by atoms with Gasteiger partial charge in [0.05, 0.1) is 22.1 Å². The number of nitrogens with two attached hydrogens (primary N) is 1. The average Bonchev–Trinajstić information content (AvgIpc) is 2.60. The van der Waals surface area contributed by atoms with E-state index in [1.807, 2.05) is 6.07 Å². The summed E-state index contributed by atoms with van der Waals surface area (Å²) in [5.74, 6) is -0.121. The van der Waals surface area contributed by atoms with E-state index in [2.05, 4.69) is 0 Å². The fourth-order valence-corrected chi connectivity index (χ4v) is 3.12. The molecule has 0 aliphatic heterocycles. The third-order valence-corrected chi connectivity index (χ3v) is 4.77. The number of nitriles is 1. The minimum absolute atomic E-state index is 0.0174. The summed E-state index contributed by atoms with van der Waals surface area (Å²) in [5.41, 5.74) is 1.74. The Morgan fingerprint density at radius 1 is 1.15 bits per heavy atom. The van der Waals surface area contributed by atoms with Gasteiger partial charge in [-0.1, -0.05) is 0 Å². The molecule has 0 radical (unpaired) electrons. The molecule has 0 heterocycles. The van der Waals surface area contributed by atoms with Gasteiger partial charge in [-0.3, -0.25) is 0 Å². The molecule has 0 bridgehead atoms. The van der Waals surface area contributed by atoms with Gasteiger partial charge in [0, 0.05) is 0 Å². The van der Waals surface area contributed by atoms with E-state index in [1.54, 1.807) is 44.2 Å². The third-order valence-electron chi connectivity index (χ3n) is 3.73. The first-order valence-corrected chi connectivity index (χ1v) is 9.21. The molecule has 2 aromatic rings. The first-order valence-electron chi connectivity index (χ1n) is 7.66. The fourth-order valence-electron chi connectivity index (χ4n) is 2.24. The van der Waals surface area contributed by atoms with Crippen LogP contribution in [-0.4, -0.2) is 27.6 Å². The highest BCUT2D eigenvalue weighted by Gasteiger charge is 2.18. The third kappa shape index (κ3) is 4.81. The lowest BCUT2D eigenvalue weighted by molar-refractivity contribution is 0.0450. The Labute approximate surface area is 152 Å². The zero-order chi connectivity index (χ0) is 19.3. The fraction of sp³-hybridized carbons (Fsp3) is 0.222. The number of aryl methyl sites for hydroxylation is 1. The number of carbonyl (C=O) groups is 1. The number of esters is 1. The van der Waals surface area contributed by atoms with Crippen LogP contribution in [0.5, 0.6) is 5.75 Å². The van der Waals surface area contributed by atoms with Gasteiger partial charge in [-0.15, -0.1) is 0 Å². The van der Waals surface area contributed by atoms with Crippen LogP contribution in [0.1, 0.15) is 27.0 Å². The lowest BCUT2D eigenvalue weighted by Crippen LogP contribution is -2.17. The standard InChI is InChI=1S/C18H18N2O5S/c1-12-9-15(10-17(13(12)2)26(20,22)23)18(21)25-8-7-24-16-5-3-14(11-19)4-6-16/h3-6,9-10H,7-8H2,1-2H3,(H2,20,22,23). The second-order valence-electron chi connectivity index (χ2n) is 5.58. The van der Waals surface area contributed by atoms with Gasteiger partial charge >= 0.3 is 5.97 Å². The molecule has 136 valence electrons. The number of nitrogens with zero attached hydrogens (tertiary/aromatic N) is 1. The number of ether oxygens (including phenoxy) is 2. The van der Waals surface area contributed by atoms with E-state index in [9.17, 15) is 13.2 Å². The zero-order valence-corrected chi connectivity index (χ0v) is 15.2. The molecule has 2 aromatic carbocycles. The molecule has 26 heavy (non-hydrogen) atoms. The Hall–Kier alpha value is -2.89. The minimum atomic E-state index is -3.93. The molecule has 0 saturated carbocycles. The molecule has 0 aromatic heterocycles. The van der Waals surface area contributed by atoms with Gasteiger partial charge in [-0.05, 0) is 61.4 Å². The van der Waals surface area contributed by atoms with Crippen LogP contribution in [0.2, 0.25) is 0 Å². The number of hydrogen-bond acceptors (Lipinski definition) is 6. The van der Waals surface area contributed by atoms with Gasteiger partial charge in [0.15, 0.2) is 0 Å². The van der Waals surface area contributed by atoms with E-state index in [1.165, 1.54) is 6.07 Å². The van der Waals surface area contributed by atoms with Crippen molar-refractivity contribution in [3.05, 3.63) is 58.7 Å². The van der Waals surface area contributed by atoms with Crippen LogP contribution in [0.25, 0.3) is 0 Å². The van der Waals surface area contributed by atoms with Crippen molar-refractivity contribution in [1.29, 1.82) is 5.26 Å². The highest BCUT2D eigenvalue weighted by Crippen LogP contribution is 2.20. The maximum Gasteiger partial charge on any atom is 0.338 e. The van der Waals surface area contributed by atoms with Crippen molar-refractivity contribution < 1.29 is 22.7 Å². The molecule has 0 aliphatic rings. The number of primary sulfonamides is 1. The number of hydrogen-bond donors (Lipinski definition) is 1. The highest BCUT2D eigenvalue weighted by molar-refractivity contribution is 7.89. The molecule has 0 fully saturated rings.